The average Bonchev–Trinajstić information content (AvgIpc) is 1.83. The van der Waals surface area contributed by atoms with Gasteiger partial charge in [0.05, 0.1) is 4.83 Å². The molecule has 1 rings (SSSR count). The molecule has 0 heterocycles. The van der Waals surface area contributed by atoms with E-state index in [4.69, 9.17) is 0 Å². The fourth-order valence-electron chi connectivity index (χ4n) is 1.40. The summed E-state index contributed by atoms with van der Waals surface area (Å²) in [6.45, 7) is 4.06. The Bertz CT molecular complexity index is 151. The standard InChI is InChI=1S/C8H13BrO/c1-8(2)5-3-4-6(9)7(8)10/h6H,3-5H2,1-2H3/t6-/m1/s1. The number of Topliss-reactive ketones (excluding diaryl/α,β-unsaturated/α-hetero) is 1. The van der Waals surface area contributed by atoms with Gasteiger partial charge in [-0.05, 0) is 12.8 Å². The molecule has 0 aromatic rings. The summed E-state index contributed by atoms with van der Waals surface area (Å²) in [6.07, 6.45) is 3.24. The Hall–Kier alpha value is 0.150. The van der Waals surface area contributed by atoms with Crippen molar-refractivity contribution in [2.75, 3.05) is 0 Å². The largest absolute Gasteiger partial charge is 0.298 e. The second kappa shape index (κ2) is 2.65. The van der Waals surface area contributed by atoms with Gasteiger partial charge < -0.3 is 0 Å². The minimum atomic E-state index is -0.0770. The second-order valence-corrected chi connectivity index (χ2v) is 4.71. The van der Waals surface area contributed by atoms with E-state index in [0.29, 0.717) is 5.78 Å². The normalized spacial score (nSPS) is 32.3. The van der Waals surface area contributed by atoms with Crippen molar-refractivity contribution >= 4 is 21.7 Å². The van der Waals surface area contributed by atoms with Crippen LogP contribution in [0.4, 0.5) is 0 Å². The lowest BCUT2D eigenvalue weighted by Gasteiger charge is -2.30. The summed E-state index contributed by atoms with van der Waals surface area (Å²) >= 11 is 3.38. The molecule has 0 amide bonds. The lowest BCUT2D eigenvalue weighted by molar-refractivity contribution is -0.128. The second-order valence-electron chi connectivity index (χ2n) is 3.61. The summed E-state index contributed by atoms with van der Waals surface area (Å²) in [5, 5.41) is 0. The Morgan fingerprint density at radius 1 is 1.60 bits per heavy atom. The highest BCUT2D eigenvalue weighted by molar-refractivity contribution is 9.10. The molecule has 1 nitrogen and oxygen atoms in total. The zero-order valence-electron chi connectivity index (χ0n) is 6.48. The van der Waals surface area contributed by atoms with E-state index >= 15 is 0 Å². The molecule has 0 N–H and O–H groups in total. The van der Waals surface area contributed by atoms with Crippen LogP contribution in [0.1, 0.15) is 33.1 Å². The van der Waals surface area contributed by atoms with E-state index in [1.54, 1.807) is 0 Å². The Labute approximate surface area is 70.3 Å². The number of hydrogen-bond acceptors (Lipinski definition) is 1. The van der Waals surface area contributed by atoms with Crippen molar-refractivity contribution in [1.29, 1.82) is 0 Å². The highest BCUT2D eigenvalue weighted by Crippen LogP contribution is 2.34. The van der Waals surface area contributed by atoms with Crippen molar-refractivity contribution in [3.63, 3.8) is 0 Å². The summed E-state index contributed by atoms with van der Waals surface area (Å²) in [5.41, 5.74) is -0.0770. The smallest absolute Gasteiger partial charge is 0.152 e. The molecule has 0 aromatic heterocycles. The number of alkyl halides is 1. The van der Waals surface area contributed by atoms with Crippen LogP contribution in [0.25, 0.3) is 0 Å². The van der Waals surface area contributed by atoms with Crippen molar-refractivity contribution in [3.8, 4) is 0 Å². The monoisotopic (exact) mass is 204 g/mol. The fourth-order valence-corrected chi connectivity index (χ4v) is 2.34. The molecule has 1 atom stereocenters. The lowest BCUT2D eigenvalue weighted by atomic mass is 9.76. The maximum atomic E-state index is 11.4. The summed E-state index contributed by atoms with van der Waals surface area (Å²) < 4.78 is 0. The van der Waals surface area contributed by atoms with E-state index in [9.17, 15) is 4.79 Å². The van der Waals surface area contributed by atoms with Gasteiger partial charge in [0.15, 0.2) is 5.78 Å². The van der Waals surface area contributed by atoms with Crippen LogP contribution in [0.3, 0.4) is 0 Å². The zero-order chi connectivity index (χ0) is 7.78. The topological polar surface area (TPSA) is 17.1 Å². The molecular weight excluding hydrogens is 192 g/mol. The zero-order valence-corrected chi connectivity index (χ0v) is 8.07. The molecule has 0 radical (unpaired) electrons. The number of ketones is 1. The van der Waals surface area contributed by atoms with Gasteiger partial charge in [-0.2, -0.15) is 0 Å². The molecular formula is C8H13BrO. The maximum Gasteiger partial charge on any atom is 0.152 e. The van der Waals surface area contributed by atoms with Gasteiger partial charge in [0.25, 0.3) is 0 Å². The SMILES string of the molecule is CC1(C)CCC[C@@H](Br)C1=O. The predicted molar refractivity (Wildman–Crippen MR) is 45.4 cm³/mol. The van der Waals surface area contributed by atoms with Crippen molar-refractivity contribution in [2.45, 2.75) is 37.9 Å². The number of carbonyl (C=O) groups is 1. The van der Waals surface area contributed by atoms with Gasteiger partial charge in [-0.1, -0.05) is 36.2 Å². The van der Waals surface area contributed by atoms with E-state index < -0.39 is 0 Å². The first-order chi connectivity index (χ1) is 4.54. The van der Waals surface area contributed by atoms with E-state index in [-0.39, 0.29) is 10.2 Å². The first-order valence-corrected chi connectivity index (χ1v) is 4.64. The van der Waals surface area contributed by atoms with Crippen molar-refractivity contribution in [3.05, 3.63) is 0 Å². The number of carbonyl (C=O) groups excluding carboxylic acids is 1. The molecule has 10 heavy (non-hydrogen) atoms. The van der Waals surface area contributed by atoms with Crippen LogP contribution in [0.5, 0.6) is 0 Å². The summed E-state index contributed by atoms with van der Waals surface area (Å²) in [4.78, 5) is 11.5. The van der Waals surface area contributed by atoms with Gasteiger partial charge in [0, 0.05) is 5.41 Å². The third-order valence-corrected chi connectivity index (χ3v) is 3.08. The van der Waals surface area contributed by atoms with E-state index in [1.165, 1.54) is 6.42 Å². The first kappa shape index (κ1) is 8.25. The van der Waals surface area contributed by atoms with Gasteiger partial charge in [0.2, 0.25) is 0 Å². The Balaban J connectivity index is 2.70. The van der Waals surface area contributed by atoms with Crippen molar-refractivity contribution in [1.82, 2.24) is 0 Å². The minimum Gasteiger partial charge on any atom is -0.298 e. The molecule has 0 saturated heterocycles. The van der Waals surface area contributed by atoms with Gasteiger partial charge in [0.1, 0.15) is 0 Å². The molecule has 1 fully saturated rings. The minimum absolute atomic E-state index is 0.0770. The Morgan fingerprint density at radius 3 is 2.60 bits per heavy atom. The molecule has 1 aliphatic carbocycles. The lowest BCUT2D eigenvalue weighted by Crippen LogP contribution is -2.35. The highest BCUT2D eigenvalue weighted by atomic mass is 79.9. The summed E-state index contributed by atoms with van der Waals surface area (Å²) in [6, 6.07) is 0. The third kappa shape index (κ3) is 1.42. The number of halogens is 1. The van der Waals surface area contributed by atoms with Crippen LogP contribution >= 0.6 is 15.9 Å². The molecule has 1 aliphatic rings. The third-order valence-electron chi connectivity index (χ3n) is 2.21. The molecule has 0 aromatic carbocycles. The van der Waals surface area contributed by atoms with Gasteiger partial charge >= 0.3 is 0 Å². The van der Waals surface area contributed by atoms with Gasteiger partial charge in [-0.25, -0.2) is 0 Å². The van der Waals surface area contributed by atoms with Crippen molar-refractivity contribution < 1.29 is 4.79 Å². The van der Waals surface area contributed by atoms with Crippen LogP contribution in [-0.2, 0) is 4.79 Å². The molecule has 1 saturated carbocycles. The van der Waals surface area contributed by atoms with Crippen LogP contribution in [0.2, 0.25) is 0 Å². The fraction of sp³-hybridized carbons (Fsp3) is 0.875. The van der Waals surface area contributed by atoms with E-state index in [2.05, 4.69) is 15.9 Å². The maximum absolute atomic E-state index is 11.4. The quantitative estimate of drug-likeness (QED) is 0.555. The highest BCUT2D eigenvalue weighted by Gasteiger charge is 2.35. The van der Waals surface area contributed by atoms with E-state index in [0.717, 1.165) is 12.8 Å². The van der Waals surface area contributed by atoms with Crippen molar-refractivity contribution in [2.24, 2.45) is 5.41 Å². The van der Waals surface area contributed by atoms with Crippen LogP contribution in [0.15, 0.2) is 0 Å². The summed E-state index contributed by atoms with van der Waals surface area (Å²) in [5.74, 6) is 0.374. The Kier molecular flexibility index (Phi) is 2.18. The molecule has 0 aliphatic heterocycles. The summed E-state index contributed by atoms with van der Waals surface area (Å²) in [7, 11) is 0. The van der Waals surface area contributed by atoms with Crippen LogP contribution < -0.4 is 0 Å². The van der Waals surface area contributed by atoms with Crippen LogP contribution in [-0.4, -0.2) is 10.6 Å². The predicted octanol–water partition coefficient (Wildman–Crippen LogP) is 2.53. The average molecular weight is 205 g/mol. The van der Waals surface area contributed by atoms with Gasteiger partial charge in [-0.3, -0.25) is 4.79 Å². The number of rotatable bonds is 0. The molecule has 0 bridgehead atoms. The Morgan fingerprint density at radius 2 is 2.20 bits per heavy atom. The van der Waals surface area contributed by atoms with E-state index in [1.807, 2.05) is 13.8 Å². The molecule has 0 spiro atoms. The number of hydrogen-bond donors (Lipinski definition) is 0. The molecule has 0 unspecified atom stereocenters. The van der Waals surface area contributed by atoms with Gasteiger partial charge in [-0.15, -0.1) is 0 Å². The van der Waals surface area contributed by atoms with Crippen LogP contribution in [0, 0.1) is 5.41 Å². The molecule has 2 heteroatoms. The first-order valence-electron chi connectivity index (χ1n) is 3.72. The molecule has 58 valence electrons.